The number of aromatic amines is 1. The molecule has 0 radical (unpaired) electrons. The van der Waals surface area contributed by atoms with Crippen molar-refractivity contribution in [2.24, 2.45) is 0 Å². The van der Waals surface area contributed by atoms with Crippen LogP contribution in [0.2, 0.25) is 0 Å². The number of aromatic nitrogens is 2. The van der Waals surface area contributed by atoms with Crippen LogP contribution >= 0.6 is 0 Å². The lowest BCUT2D eigenvalue weighted by Crippen LogP contribution is -2.34. The van der Waals surface area contributed by atoms with E-state index in [-0.39, 0.29) is 11.7 Å². The number of H-pyrrole nitrogens is 1. The van der Waals surface area contributed by atoms with Crippen LogP contribution in [0.4, 0.5) is 15.9 Å². The summed E-state index contributed by atoms with van der Waals surface area (Å²) in [4.78, 5) is 12.6. The molecule has 0 atom stereocenters. The summed E-state index contributed by atoms with van der Waals surface area (Å²) in [5.41, 5.74) is 3.04. The molecule has 4 rings (SSSR count). The number of hydrogen-bond acceptors (Lipinski definition) is 4. The van der Waals surface area contributed by atoms with Crippen LogP contribution < -0.4 is 9.62 Å². The quantitative estimate of drug-likeness (QED) is 0.685. The molecule has 2 N–H and O–H groups in total. The Bertz CT molecular complexity index is 1190. The average molecular weight is 414 g/mol. The summed E-state index contributed by atoms with van der Waals surface area (Å²) in [6, 6.07) is 12.6. The fourth-order valence-corrected chi connectivity index (χ4v) is 4.42. The predicted octanol–water partition coefficient (Wildman–Crippen LogP) is 3.18. The average Bonchev–Trinajstić information content (AvgIpc) is 3.15. The van der Waals surface area contributed by atoms with E-state index >= 15 is 0 Å². The van der Waals surface area contributed by atoms with Gasteiger partial charge < -0.3 is 5.32 Å². The van der Waals surface area contributed by atoms with Gasteiger partial charge in [0.05, 0.1) is 17.6 Å². The molecule has 7 nitrogen and oxygen atoms in total. The number of aryl methyl sites for hydroxylation is 1. The topological polar surface area (TPSA) is 95.2 Å². The van der Waals surface area contributed by atoms with Gasteiger partial charge in [-0.1, -0.05) is 12.1 Å². The first-order valence-electron chi connectivity index (χ1n) is 9.04. The molecule has 150 valence electrons. The third kappa shape index (κ3) is 4.00. The van der Waals surface area contributed by atoms with Crippen molar-refractivity contribution in [1.82, 2.24) is 10.2 Å². The SMILES string of the molecule is CS(=O)(=O)N1CCCc2cc(C(=O)Nc3cc(-c4cccc(F)c4)[nH]n3)ccc21. The number of carbonyl (C=O) groups is 1. The molecule has 0 unspecified atom stereocenters. The van der Waals surface area contributed by atoms with E-state index in [1.165, 1.54) is 22.7 Å². The Kier molecular flexibility index (Phi) is 4.83. The van der Waals surface area contributed by atoms with Crippen LogP contribution in [0.25, 0.3) is 11.3 Å². The van der Waals surface area contributed by atoms with Gasteiger partial charge in [0.25, 0.3) is 5.91 Å². The van der Waals surface area contributed by atoms with Gasteiger partial charge in [-0.2, -0.15) is 5.10 Å². The van der Waals surface area contributed by atoms with Gasteiger partial charge >= 0.3 is 0 Å². The molecule has 2 heterocycles. The second-order valence-corrected chi connectivity index (χ2v) is 8.82. The van der Waals surface area contributed by atoms with Crippen molar-refractivity contribution in [3.63, 3.8) is 0 Å². The molecule has 29 heavy (non-hydrogen) atoms. The van der Waals surface area contributed by atoms with Crippen LogP contribution in [-0.2, 0) is 16.4 Å². The highest BCUT2D eigenvalue weighted by Gasteiger charge is 2.24. The molecule has 0 saturated heterocycles. The summed E-state index contributed by atoms with van der Waals surface area (Å²) in [5.74, 6) is -0.411. The highest BCUT2D eigenvalue weighted by molar-refractivity contribution is 7.92. The number of anilines is 2. The zero-order valence-corrected chi connectivity index (χ0v) is 16.5. The third-order valence-corrected chi connectivity index (χ3v) is 5.95. The van der Waals surface area contributed by atoms with Gasteiger partial charge in [0, 0.05) is 23.7 Å². The maximum absolute atomic E-state index is 13.4. The highest BCUT2D eigenvalue weighted by atomic mass is 32.2. The Morgan fingerprint density at radius 3 is 2.79 bits per heavy atom. The molecular formula is C20H19FN4O3S. The number of fused-ring (bicyclic) bond motifs is 1. The van der Waals surface area contributed by atoms with Gasteiger partial charge in [0.2, 0.25) is 10.0 Å². The van der Waals surface area contributed by atoms with Gasteiger partial charge in [-0.15, -0.1) is 0 Å². The van der Waals surface area contributed by atoms with E-state index in [9.17, 15) is 17.6 Å². The van der Waals surface area contributed by atoms with E-state index in [0.717, 1.165) is 5.56 Å². The summed E-state index contributed by atoms with van der Waals surface area (Å²) >= 11 is 0. The number of nitrogens with one attached hydrogen (secondary N) is 2. The zero-order valence-electron chi connectivity index (χ0n) is 15.6. The number of carbonyl (C=O) groups excluding carboxylic acids is 1. The number of amides is 1. The van der Waals surface area contributed by atoms with Crippen molar-refractivity contribution in [2.75, 3.05) is 22.4 Å². The maximum Gasteiger partial charge on any atom is 0.256 e. The van der Waals surface area contributed by atoms with E-state index in [1.54, 1.807) is 36.4 Å². The standard InChI is InChI=1S/C20H19FN4O3S/c1-29(27,28)25-9-3-5-14-10-15(7-8-18(14)25)20(26)22-19-12-17(23-24-19)13-4-2-6-16(21)11-13/h2,4,6-8,10-12H,3,5,9H2,1H3,(H2,22,23,24,26). The van der Waals surface area contributed by atoms with Gasteiger partial charge in [0.15, 0.2) is 5.82 Å². The minimum absolute atomic E-state index is 0.310. The minimum atomic E-state index is -3.36. The zero-order chi connectivity index (χ0) is 20.6. The van der Waals surface area contributed by atoms with Crippen LogP contribution in [0.3, 0.4) is 0 Å². The molecule has 2 aromatic carbocycles. The molecule has 0 saturated carbocycles. The fraction of sp³-hybridized carbons (Fsp3) is 0.200. The van der Waals surface area contributed by atoms with Gasteiger partial charge in [-0.3, -0.25) is 14.2 Å². The number of hydrogen-bond donors (Lipinski definition) is 2. The summed E-state index contributed by atoms with van der Waals surface area (Å²) in [5, 5.41) is 9.53. The van der Waals surface area contributed by atoms with Gasteiger partial charge in [0.1, 0.15) is 5.82 Å². The monoisotopic (exact) mass is 414 g/mol. The van der Waals surface area contributed by atoms with Crippen molar-refractivity contribution >= 4 is 27.4 Å². The van der Waals surface area contributed by atoms with Gasteiger partial charge in [-0.25, -0.2) is 12.8 Å². The summed E-state index contributed by atoms with van der Waals surface area (Å²) in [6.07, 6.45) is 2.58. The normalized spacial score (nSPS) is 13.8. The summed E-state index contributed by atoms with van der Waals surface area (Å²) < 4.78 is 38.7. The van der Waals surface area contributed by atoms with Crippen LogP contribution in [0.15, 0.2) is 48.5 Å². The molecule has 3 aromatic rings. The van der Waals surface area contributed by atoms with Crippen LogP contribution in [0, 0.1) is 5.82 Å². The Hall–Kier alpha value is -3.20. The van der Waals surface area contributed by atoms with Crippen molar-refractivity contribution in [1.29, 1.82) is 0 Å². The first-order chi connectivity index (χ1) is 13.8. The first kappa shape index (κ1) is 19.1. The Balaban J connectivity index is 1.54. The highest BCUT2D eigenvalue weighted by Crippen LogP contribution is 2.30. The van der Waals surface area contributed by atoms with E-state index < -0.39 is 10.0 Å². The molecule has 9 heteroatoms. The number of halogens is 1. The number of sulfonamides is 1. The van der Waals surface area contributed by atoms with E-state index in [1.807, 2.05) is 0 Å². The number of nitrogens with zero attached hydrogens (tertiary/aromatic N) is 2. The number of rotatable bonds is 4. The second-order valence-electron chi connectivity index (χ2n) is 6.91. The molecule has 1 amide bonds. The van der Waals surface area contributed by atoms with Crippen LogP contribution in [0.5, 0.6) is 0 Å². The lowest BCUT2D eigenvalue weighted by Gasteiger charge is -2.29. The Morgan fingerprint density at radius 1 is 1.21 bits per heavy atom. The minimum Gasteiger partial charge on any atom is -0.305 e. The molecule has 0 aliphatic carbocycles. The smallest absolute Gasteiger partial charge is 0.256 e. The van der Waals surface area contributed by atoms with Crippen molar-refractivity contribution in [3.05, 3.63) is 65.5 Å². The Labute approximate surface area is 167 Å². The van der Waals surface area contributed by atoms with Crippen molar-refractivity contribution in [3.8, 4) is 11.3 Å². The molecule has 0 bridgehead atoms. The van der Waals surface area contributed by atoms with Crippen molar-refractivity contribution < 1.29 is 17.6 Å². The van der Waals surface area contributed by atoms with Crippen molar-refractivity contribution in [2.45, 2.75) is 12.8 Å². The molecule has 0 spiro atoms. The van der Waals surface area contributed by atoms with E-state index in [2.05, 4.69) is 15.5 Å². The van der Waals surface area contributed by atoms with E-state index in [4.69, 9.17) is 0 Å². The van der Waals surface area contributed by atoms with E-state index in [0.29, 0.717) is 47.7 Å². The van der Waals surface area contributed by atoms with Crippen LogP contribution in [-0.4, -0.2) is 37.3 Å². The summed E-state index contributed by atoms with van der Waals surface area (Å²) in [7, 11) is -3.36. The van der Waals surface area contributed by atoms with Crippen LogP contribution in [0.1, 0.15) is 22.3 Å². The Morgan fingerprint density at radius 2 is 2.03 bits per heavy atom. The fourth-order valence-electron chi connectivity index (χ4n) is 3.43. The van der Waals surface area contributed by atoms with Gasteiger partial charge in [-0.05, 0) is 48.7 Å². The largest absolute Gasteiger partial charge is 0.305 e. The molecule has 1 aliphatic heterocycles. The first-order valence-corrected chi connectivity index (χ1v) is 10.9. The molecular weight excluding hydrogens is 395 g/mol. The molecule has 1 aliphatic rings. The second kappa shape index (κ2) is 7.32. The number of benzene rings is 2. The molecule has 1 aromatic heterocycles. The predicted molar refractivity (Wildman–Crippen MR) is 109 cm³/mol. The lowest BCUT2D eigenvalue weighted by atomic mass is 10.0. The maximum atomic E-state index is 13.4. The summed E-state index contributed by atoms with van der Waals surface area (Å²) in [6.45, 7) is 0.438. The molecule has 0 fully saturated rings. The third-order valence-electron chi connectivity index (χ3n) is 4.77. The lowest BCUT2D eigenvalue weighted by molar-refractivity contribution is 0.102.